The Kier molecular flexibility index (Phi) is 5.15. The highest BCUT2D eigenvalue weighted by Gasteiger charge is 2.56. The molecule has 1 aromatic rings. The number of anilines is 2. The van der Waals surface area contributed by atoms with Crippen molar-refractivity contribution >= 4 is 23.1 Å². The van der Waals surface area contributed by atoms with Gasteiger partial charge in [-0.1, -0.05) is 20.8 Å². The van der Waals surface area contributed by atoms with Crippen LogP contribution in [-0.4, -0.2) is 40.3 Å². The van der Waals surface area contributed by atoms with Crippen LogP contribution >= 0.6 is 0 Å². The van der Waals surface area contributed by atoms with E-state index in [1.54, 1.807) is 0 Å². The number of benzene rings is 1. The van der Waals surface area contributed by atoms with Crippen LogP contribution in [0.25, 0.3) is 0 Å². The van der Waals surface area contributed by atoms with Crippen molar-refractivity contribution in [3.05, 3.63) is 23.3 Å². The molecule has 0 radical (unpaired) electrons. The maximum absolute atomic E-state index is 12.6. The lowest BCUT2D eigenvalue weighted by Crippen LogP contribution is -2.62. The summed E-state index contributed by atoms with van der Waals surface area (Å²) in [5.74, 6) is 2.58. The predicted octanol–water partition coefficient (Wildman–Crippen LogP) is 5.91. The topological polar surface area (TPSA) is 56.7 Å². The van der Waals surface area contributed by atoms with Gasteiger partial charge in [-0.05, 0) is 100 Å². The van der Waals surface area contributed by atoms with E-state index in [1.165, 1.54) is 16.8 Å². The number of carbonyl (C=O) groups is 1. The van der Waals surface area contributed by atoms with Gasteiger partial charge >= 0.3 is 0 Å². The van der Waals surface area contributed by atoms with Gasteiger partial charge < -0.3 is 15.5 Å². The van der Waals surface area contributed by atoms with Crippen molar-refractivity contribution < 1.29 is 4.79 Å². The van der Waals surface area contributed by atoms with Gasteiger partial charge in [0.1, 0.15) is 5.84 Å². The summed E-state index contributed by atoms with van der Waals surface area (Å²) in [5.41, 5.74) is 4.82. The van der Waals surface area contributed by atoms with E-state index >= 15 is 0 Å². The standard InChI is InChI=1S/C28H42N4O/c1-17-12-21-22(13-18(17)2)30-28(25(29-21)31-27(6,7)16-26(3,4)5)14-19-8-9-23(33)32-11-10-20(15-28)24(19)32/h12-13,19-20,24,30H,8-11,14-16H2,1-7H3,(H,29,31)/t19-,20+,24-,28?/m1/s1. The number of rotatable bonds is 2. The second-order valence-electron chi connectivity index (χ2n) is 13.2. The van der Waals surface area contributed by atoms with Crippen molar-refractivity contribution in [3.8, 4) is 0 Å². The lowest BCUT2D eigenvalue weighted by molar-refractivity contribution is -0.138. The molecule has 180 valence electrons. The largest absolute Gasteiger partial charge is 0.371 e. The monoisotopic (exact) mass is 450 g/mol. The van der Waals surface area contributed by atoms with E-state index in [9.17, 15) is 4.79 Å². The van der Waals surface area contributed by atoms with Crippen LogP contribution < -0.4 is 10.6 Å². The fourth-order valence-electron chi connectivity index (χ4n) is 7.51. The Balaban J connectivity index is 1.57. The molecule has 5 heteroatoms. The van der Waals surface area contributed by atoms with E-state index in [4.69, 9.17) is 4.99 Å². The van der Waals surface area contributed by atoms with E-state index in [0.29, 0.717) is 30.2 Å². The van der Waals surface area contributed by atoms with Crippen LogP contribution in [0.1, 0.15) is 84.3 Å². The van der Waals surface area contributed by atoms with Crippen LogP contribution in [0.2, 0.25) is 0 Å². The molecule has 3 fully saturated rings. The van der Waals surface area contributed by atoms with Crippen molar-refractivity contribution in [3.63, 3.8) is 0 Å². The SMILES string of the molecule is Cc1cc2c(cc1C)NC1(C[C@H]3CCC(=O)N4CC[C@@H](C1)[C@@H]34)C(=NC(C)(C)CC(C)(C)C)N2. The predicted molar refractivity (Wildman–Crippen MR) is 137 cm³/mol. The number of fused-ring (bicyclic) bond motifs is 1. The Bertz CT molecular complexity index is 1000. The molecule has 1 saturated carbocycles. The van der Waals surface area contributed by atoms with Crippen molar-refractivity contribution in [2.24, 2.45) is 22.2 Å². The van der Waals surface area contributed by atoms with Crippen molar-refractivity contribution in [1.29, 1.82) is 0 Å². The zero-order chi connectivity index (χ0) is 23.8. The molecule has 1 aliphatic carbocycles. The summed E-state index contributed by atoms with van der Waals surface area (Å²) in [6, 6.07) is 5.00. The lowest BCUT2D eigenvalue weighted by Gasteiger charge is -2.53. The second kappa shape index (κ2) is 7.48. The molecule has 2 N–H and O–H groups in total. The molecule has 0 bridgehead atoms. The van der Waals surface area contributed by atoms with E-state index in [1.807, 2.05) is 0 Å². The molecule has 3 heterocycles. The van der Waals surface area contributed by atoms with Gasteiger partial charge in [0.2, 0.25) is 5.91 Å². The first-order valence-corrected chi connectivity index (χ1v) is 12.9. The third-order valence-electron chi connectivity index (χ3n) is 8.43. The minimum atomic E-state index is -0.188. The summed E-state index contributed by atoms with van der Waals surface area (Å²) in [4.78, 5) is 20.3. The van der Waals surface area contributed by atoms with Crippen molar-refractivity contribution in [1.82, 2.24) is 4.90 Å². The molecule has 3 aliphatic heterocycles. The first-order valence-electron chi connectivity index (χ1n) is 12.9. The summed E-state index contributed by atoms with van der Waals surface area (Å²) < 4.78 is 0. The molecular formula is C28H42N4O. The molecule has 5 nitrogen and oxygen atoms in total. The summed E-state index contributed by atoms with van der Waals surface area (Å²) >= 11 is 0. The third-order valence-corrected chi connectivity index (χ3v) is 8.43. The van der Waals surface area contributed by atoms with E-state index in [-0.39, 0.29) is 16.5 Å². The molecule has 1 aromatic carbocycles. The number of nitrogens with one attached hydrogen (secondary N) is 2. The fourth-order valence-corrected chi connectivity index (χ4v) is 7.51. The normalized spacial score (nSPS) is 32.5. The van der Waals surface area contributed by atoms with Gasteiger partial charge in [0.15, 0.2) is 0 Å². The zero-order valence-electron chi connectivity index (χ0n) is 21.6. The Labute approximate surface area is 199 Å². The van der Waals surface area contributed by atoms with Crippen molar-refractivity contribution in [2.75, 3.05) is 17.2 Å². The zero-order valence-corrected chi connectivity index (χ0v) is 21.6. The van der Waals surface area contributed by atoms with Gasteiger partial charge in [-0.2, -0.15) is 0 Å². The summed E-state index contributed by atoms with van der Waals surface area (Å²) in [7, 11) is 0. The van der Waals surface area contributed by atoms with E-state index in [0.717, 1.165) is 50.2 Å². The first-order chi connectivity index (χ1) is 15.4. The van der Waals surface area contributed by atoms with Gasteiger partial charge in [-0.15, -0.1) is 0 Å². The number of aryl methyl sites for hydroxylation is 2. The minimum absolute atomic E-state index is 0.159. The molecule has 2 saturated heterocycles. The Morgan fingerprint density at radius 2 is 1.67 bits per heavy atom. The minimum Gasteiger partial charge on any atom is -0.371 e. The number of nitrogens with zero attached hydrogens (tertiary/aromatic N) is 2. The molecule has 33 heavy (non-hydrogen) atoms. The lowest BCUT2D eigenvalue weighted by atomic mass is 9.64. The van der Waals surface area contributed by atoms with Gasteiger partial charge in [0.05, 0.1) is 22.5 Å². The number of piperidine rings is 1. The maximum Gasteiger partial charge on any atom is 0.222 e. The quantitative estimate of drug-likeness (QED) is 0.588. The van der Waals surface area contributed by atoms with E-state index < -0.39 is 0 Å². The second-order valence-corrected chi connectivity index (χ2v) is 13.2. The van der Waals surface area contributed by atoms with Crippen LogP contribution in [0.3, 0.4) is 0 Å². The Hall–Kier alpha value is -2.04. The van der Waals surface area contributed by atoms with Crippen LogP contribution in [-0.2, 0) is 4.79 Å². The van der Waals surface area contributed by atoms with Gasteiger partial charge in [0, 0.05) is 19.0 Å². The Morgan fingerprint density at radius 1 is 1.03 bits per heavy atom. The number of amides is 1. The average Bonchev–Trinajstić information content (AvgIpc) is 3.10. The summed E-state index contributed by atoms with van der Waals surface area (Å²) in [5, 5.41) is 7.88. The van der Waals surface area contributed by atoms with Gasteiger partial charge in [0.25, 0.3) is 0 Å². The molecule has 0 aromatic heterocycles. The molecule has 1 amide bonds. The molecule has 5 rings (SSSR count). The highest BCUT2D eigenvalue weighted by Crippen LogP contribution is 2.51. The molecule has 1 spiro atoms. The Morgan fingerprint density at radius 3 is 2.33 bits per heavy atom. The summed E-state index contributed by atoms with van der Waals surface area (Å²) in [6.07, 6.45) is 5.95. The number of aliphatic imine (C=N–C) groups is 1. The molecule has 4 aliphatic rings. The number of hydrogen-bond donors (Lipinski definition) is 2. The molecule has 4 atom stereocenters. The van der Waals surface area contributed by atoms with Crippen LogP contribution in [0, 0.1) is 31.1 Å². The number of amidine groups is 1. The van der Waals surface area contributed by atoms with Crippen molar-refractivity contribution in [2.45, 2.75) is 104 Å². The number of carbonyl (C=O) groups excluding carboxylic acids is 1. The highest BCUT2D eigenvalue weighted by atomic mass is 16.2. The summed E-state index contributed by atoms with van der Waals surface area (Å²) in [6.45, 7) is 16.8. The molecular weight excluding hydrogens is 408 g/mol. The van der Waals surface area contributed by atoms with E-state index in [2.05, 4.69) is 76.1 Å². The molecule has 1 unspecified atom stereocenters. The smallest absolute Gasteiger partial charge is 0.222 e. The van der Waals surface area contributed by atoms with Gasteiger partial charge in [-0.25, -0.2) is 0 Å². The van der Waals surface area contributed by atoms with Gasteiger partial charge in [-0.3, -0.25) is 9.79 Å². The van der Waals surface area contributed by atoms with Crippen LogP contribution in [0.4, 0.5) is 11.4 Å². The maximum atomic E-state index is 12.6. The fraction of sp³-hybridized carbons (Fsp3) is 0.714. The first kappa shape index (κ1) is 22.7. The van der Waals surface area contributed by atoms with Crippen LogP contribution in [0.15, 0.2) is 17.1 Å². The van der Waals surface area contributed by atoms with Crippen LogP contribution in [0.5, 0.6) is 0 Å². The third kappa shape index (κ3) is 4.06. The number of hydrogen-bond acceptors (Lipinski definition) is 3. The highest BCUT2D eigenvalue weighted by molar-refractivity contribution is 6.10. The average molecular weight is 451 g/mol.